The summed E-state index contributed by atoms with van der Waals surface area (Å²) in [6.07, 6.45) is 11.3. The molecule has 0 fully saturated rings. The third-order valence-corrected chi connectivity index (χ3v) is 2.96. The first-order valence-electron chi connectivity index (χ1n) is 6.74. The smallest absolute Gasteiger partial charge is 0.336 e. The number of unbranched alkanes of at least 4 members (excludes halogenated alkanes) is 5. The Labute approximate surface area is 109 Å². The highest BCUT2D eigenvalue weighted by atomic mass is 16.4. The molecule has 1 aromatic carbocycles. The van der Waals surface area contributed by atoms with Crippen LogP contribution < -0.4 is 0 Å². The van der Waals surface area contributed by atoms with E-state index in [1.165, 1.54) is 32.1 Å². The van der Waals surface area contributed by atoms with Gasteiger partial charge in [-0.25, -0.2) is 4.79 Å². The van der Waals surface area contributed by atoms with Gasteiger partial charge in [0.15, 0.2) is 0 Å². The number of hydrogen-bond acceptors (Lipinski definition) is 1. The van der Waals surface area contributed by atoms with Gasteiger partial charge in [-0.1, -0.05) is 63.0 Å². The highest BCUT2D eigenvalue weighted by Crippen LogP contribution is 2.12. The van der Waals surface area contributed by atoms with Gasteiger partial charge in [0.25, 0.3) is 0 Å². The second-order valence-electron chi connectivity index (χ2n) is 4.50. The normalized spacial score (nSPS) is 10.9. The number of carboxylic acids is 1. The molecule has 1 N–H and O–H groups in total. The summed E-state index contributed by atoms with van der Waals surface area (Å²) in [5.41, 5.74) is 1.17. The van der Waals surface area contributed by atoms with Crippen LogP contribution in [0.3, 0.4) is 0 Å². The van der Waals surface area contributed by atoms with Crippen LogP contribution in [0.15, 0.2) is 30.3 Å². The van der Waals surface area contributed by atoms with E-state index in [4.69, 9.17) is 5.11 Å². The maximum Gasteiger partial charge on any atom is 0.336 e. The molecule has 0 saturated heterocycles. The predicted octanol–water partition coefficient (Wildman–Crippen LogP) is 4.76. The van der Waals surface area contributed by atoms with Gasteiger partial charge in [0.1, 0.15) is 0 Å². The minimum atomic E-state index is -0.863. The number of carboxylic acid groups (broad SMARTS) is 1. The van der Waals surface area contributed by atoms with Crippen molar-refractivity contribution >= 4 is 12.0 Å². The SMILES string of the molecule is CCCCCCCC=Cc1ccccc1C(=O)O. The predicted molar refractivity (Wildman–Crippen MR) is 75.8 cm³/mol. The lowest BCUT2D eigenvalue weighted by Crippen LogP contribution is -1.98. The van der Waals surface area contributed by atoms with Crippen LogP contribution in [0, 0.1) is 0 Å². The molecule has 0 spiro atoms. The van der Waals surface area contributed by atoms with Crippen LogP contribution in [0.5, 0.6) is 0 Å². The van der Waals surface area contributed by atoms with Crippen LogP contribution in [-0.2, 0) is 0 Å². The van der Waals surface area contributed by atoms with Gasteiger partial charge < -0.3 is 5.11 Å². The molecule has 0 aliphatic carbocycles. The Balaban J connectivity index is 2.40. The largest absolute Gasteiger partial charge is 0.478 e. The Morgan fingerprint density at radius 2 is 1.89 bits per heavy atom. The van der Waals surface area contributed by atoms with Gasteiger partial charge >= 0.3 is 5.97 Å². The molecule has 98 valence electrons. The number of allylic oxidation sites excluding steroid dienone is 1. The Hall–Kier alpha value is -1.57. The minimum Gasteiger partial charge on any atom is -0.478 e. The van der Waals surface area contributed by atoms with E-state index in [-0.39, 0.29) is 0 Å². The lowest BCUT2D eigenvalue weighted by molar-refractivity contribution is 0.0696. The monoisotopic (exact) mass is 246 g/mol. The minimum absolute atomic E-state index is 0.375. The summed E-state index contributed by atoms with van der Waals surface area (Å²) in [7, 11) is 0. The first-order chi connectivity index (χ1) is 8.75. The van der Waals surface area contributed by atoms with E-state index in [1.807, 2.05) is 18.2 Å². The molecule has 0 unspecified atom stereocenters. The lowest BCUT2D eigenvalue weighted by atomic mass is 10.1. The summed E-state index contributed by atoms with van der Waals surface area (Å²) in [4.78, 5) is 11.0. The van der Waals surface area contributed by atoms with E-state index in [0.717, 1.165) is 12.0 Å². The van der Waals surface area contributed by atoms with E-state index in [2.05, 4.69) is 13.0 Å². The third-order valence-electron chi connectivity index (χ3n) is 2.96. The standard InChI is InChI=1S/C16H22O2/c1-2-3-4-5-6-7-8-11-14-12-9-10-13-15(14)16(17)18/h8-13H,2-7H2,1H3,(H,17,18). The van der Waals surface area contributed by atoms with Crippen LogP contribution in [0.4, 0.5) is 0 Å². The zero-order chi connectivity index (χ0) is 13.2. The average molecular weight is 246 g/mol. The highest BCUT2D eigenvalue weighted by Gasteiger charge is 2.05. The number of rotatable bonds is 8. The van der Waals surface area contributed by atoms with Crippen molar-refractivity contribution in [2.24, 2.45) is 0 Å². The molecule has 0 saturated carbocycles. The van der Waals surface area contributed by atoms with Gasteiger partial charge in [-0.2, -0.15) is 0 Å². The van der Waals surface area contributed by atoms with Crippen molar-refractivity contribution in [1.82, 2.24) is 0 Å². The van der Waals surface area contributed by atoms with E-state index in [1.54, 1.807) is 12.1 Å². The van der Waals surface area contributed by atoms with Crippen molar-refractivity contribution in [3.63, 3.8) is 0 Å². The van der Waals surface area contributed by atoms with Crippen molar-refractivity contribution in [2.45, 2.75) is 45.4 Å². The van der Waals surface area contributed by atoms with Gasteiger partial charge in [0, 0.05) is 0 Å². The zero-order valence-corrected chi connectivity index (χ0v) is 11.1. The summed E-state index contributed by atoms with van der Waals surface area (Å²) in [6, 6.07) is 7.11. The molecule has 2 heteroatoms. The van der Waals surface area contributed by atoms with Crippen LogP contribution in [0.1, 0.15) is 61.4 Å². The second kappa shape index (κ2) is 8.51. The van der Waals surface area contributed by atoms with Gasteiger partial charge in [-0.05, 0) is 24.5 Å². The van der Waals surface area contributed by atoms with Gasteiger partial charge in [-0.15, -0.1) is 0 Å². The average Bonchev–Trinajstić information content (AvgIpc) is 2.38. The molecule has 1 aromatic rings. The summed E-state index contributed by atoms with van der Waals surface area (Å²) < 4.78 is 0. The number of aromatic carboxylic acids is 1. The lowest BCUT2D eigenvalue weighted by Gasteiger charge is -2.00. The molecule has 0 aromatic heterocycles. The summed E-state index contributed by atoms with van der Waals surface area (Å²) >= 11 is 0. The van der Waals surface area contributed by atoms with Crippen molar-refractivity contribution in [3.05, 3.63) is 41.5 Å². The van der Waals surface area contributed by atoms with Crippen LogP contribution in [0.2, 0.25) is 0 Å². The quantitative estimate of drug-likeness (QED) is 0.671. The van der Waals surface area contributed by atoms with E-state index < -0.39 is 5.97 Å². The summed E-state index contributed by atoms with van der Waals surface area (Å²) in [5.74, 6) is -0.863. The second-order valence-corrected chi connectivity index (χ2v) is 4.50. The molecule has 0 amide bonds. The Morgan fingerprint density at radius 1 is 1.17 bits per heavy atom. The van der Waals surface area contributed by atoms with E-state index in [0.29, 0.717) is 5.56 Å². The van der Waals surface area contributed by atoms with Crippen LogP contribution >= 0.6 is 0 Å². The van der Waals surface area contributed by atoms with Crippen molar-refractivity contribution in [1.29, 1.82) is 0 Å². The third kappa shape index (κ3) is 5.17. The topological polar surface area (TPSA) is 37.3 Å². The molecule has 0 aliphatic heterocycles. The zero-order valence-electron chi connectivity index (χ0n) is 11.1. The highest BCUT2D eigenvalue weighted by molar-refractivity contribution is 5.92. The molecular weight excluding hydrogens is 224 g/mol. The van der Waals surface area contributed by atoms with Crippen LogP contribution in [0.25, 0.3) is 6.08 Å². The first kappa shape index (κ1) is 14.5. The number of carbonyl (C=O) groups is 1. The fourth-order valence-electron chi connectivity index (χ4n) is 1.91. The van der Waals surface area contributed by atoms with E-state index in [9.17, 15) is 4.79 Å². The maximum absolute atomic E-state index is 11.0. The number of benzene rings is 1. The molecule has 0 aliphatic rings. The number of hydrogen-bond donors (Lipinski definition) is 1. The van der Waals surface area contributed by atoms with Gasteiger partial charge in [0.2, 0.25) is 0 Å². The van der Waals surface area contributed by atoms with Gasteiger partial charge in [0.05, 0.1) is 5.56 Å². The molecule has 0 atom stereocenters. The van der Waals surface area contributed by atoms with Crippen molar-refractivity contribution in [2.75, 3.05) is 0 Å². The van der Waals surface area contributed by atoms with Crippen molar-refractivity contribution < 1.29 is 9.90 Å². The Bertz CT molecular complexity index is 394. The molecule has 2 nitrogen and oxygen atoms in total. The van der Waals surface area contributed by atoms with E-state index >= 15 is 0 Å². The molecular formula is C16H22O2. The molecule has 1 rings (SSSR count). The maximum atomic E-state index is 11.0. The Morgan fingerprint density at radius 3 is 2.61 bits per heavy atom. The molecule has 0 heterocycles. The first-order valence-corrected chi connectivity index (χ1v) is 6.74. The molecule has 0 bridgehead atoms. The Kier molecular flexibility index (Phi) is 6.85. The van der Waals surface area contributed by atoms with Crippen molar-refractivity contribution in [3.8, 4) is 0 Å². The summed E-state index contributed by atoms with van der Waals surface area (Å²) in [6.45, 7) is 2.21. The van der Waals surface area contributed by atoms with Gasteiger partial charge in [-0.3, -0.25) is 0 Å². The molecule has 18 heavy (non-hydrogen) atoms. The fraction of sp³-hybridized carbons (Fsp3) is 0.438. The fourth-order valence-corrected chi connectivity index (χ4v) is 1.91. The van der Waals surface area contributed by atoms with Crippen LogP contribution in [-0.4, -0.2) is 11.1 Å². The molecule has 0 radical (unpaired) electrons. The summed E-state index contributed by atoms with van der Waals surface area (Å²) in [5, 5.41) is 9.03.